The molecule has 4 nitrogen and oxygen atoms in total. The maximum atomic E-state index is 6.25. The highest BCUT2D eigenvalue weighted by Gasteiger charge is 2.13. The molecule has 2 N–H and O–H groups in total. The molecule has 0 aliphatic carbocycles. The Balaban J connectivity index is 1.81. The number of para-hydroxylation sites is 1. The van der Waals surface area contributed by atoms with Crippen molar-refractivity contribution in [2.24, 2.45) is 5.73 Å². The molecule has 0 saturated heterocycles. The Morgan fingerprint density at radius 2 is 2.21 bits per heavy atom. The molecule has 98 valence electrons. The molecular weight excluding hydrogens is 256 g/mol. The fourth-order valence-corrected chi connectivity index (χ4v) is 3.04. The number of aromatic nitrogens is 3. The van der Waals surface area contributed by atoms with Gasteiger partial charge in [0.1, 0.15) is 5.01 Å². The van der Waals surface area contributed by atoms with Gasteiger partial charge in [-0.05, 0) is 31.0 Å². The van der Waals surface area contributed by atoms with Crippen LogP contribution >= 0.6 is 11.3 Å². The molecule has 2 heterocycles. The summed E-state index contributed by atoms with van der Waals surface area (Å²) in [4.78, 5) is 4.60. The molecule has 0 saturated carbocycles. The minimum Gasteiger partial charge on any atom is -0.322 e. The molecule has 19 heavy (non-hydrogen) atoms. The molecular formula is C14H16N4S. The van der Waals surface area contributed by atoms with Crippen molar-refractivity contribution in [3.63, 3.8) is 0 Å². The normalized spacial score (nSPS) is 12.9. The summed E-state index contributed by atoms with van der Waals surface area (Å²) < 4.78 is 3.11. The van der Waals surface area contributed by atoms with Crippen LogP contribution < -0.4 is 5.73 Å². The number of benzene rings is 1. The predicted molar refractivity (Wildman–Crippen MR) is 78.2 cm³/mol. The number of rotatable bonds is 4. The van der Waals surface area contributed by atoms with Gasteiger partial charge in [-0.25, -0.2) is 4.98 Å². The molecule has 1 aromatic carbocycles. The lowest BCUT2D eigenvalue weighted by Crippen LogP contribution is -2.12. The van der Waals surface area contributed by atoms with Crippen LogP contribution in [-0.2, 0) is 13.0 Å². The van der Waals surface area contributed by atoms with Crippen LogP contribution in [0.15, 0.2) is 36.7 Å². The quantitative estimate of drug-likeness (QED) is 0.794. The van der Waals surface area contributed by atoms with Gasteiger partial charge in [-0.15, -0.1) is 11.3 Å². The molecule has 1 atom stereocenters. The first-order valence-corrected chi connectivity index (χ1v) is 7.20. The molecule has 0 spiro atoms. The van der Waals surface area contributed by atoms with Crippen LogP contribution in [0.5, 0.6) is 0 Å². The number of aryl methyl sites for hydroxylation is 1. The number of thiazole rings is 1. The van der Waals surface area contributed by atoms with Crippen molar-refractivity contribution in [3.05, 3.63) is 47.2 Å². The Morgan fingerprint density at radius 3 is 2.95 bits per heavy atom. The van der Waals surface area contributed by atoms with E-state index in [4.69, 9.17) is 5.73 Å². The highest BCUT2D eigenvalue weighted by atomic mass is 32.1. The van der Waals surface area contributed by atoms with E-state index in [9.17, 15) is 0 Å². The summed E-state index contributed by atoms with van der Waals surface area (Å²) in [7, 11) is 0. The van der Waals surface area contributed by atoms with Crippen LogP contribution in [0.25, 0.3) is 10.2 Å². The molecule has 0 radical (unpaired) electrons. The van der Waals surface area contributed by atoms with Crippen molar-refractivity contribution in [1.29, 1.82) is 0 Å². The average molecular weight is 272 g/mol. The van der Waals surface area contributed by atoms with Gasteiger partial charge >= 0.3 is 0 Å². The molecule has 3 rings (SSSR count). The number of hydrogen-bond acceptors (Lipinski definition) is 4. The molecule has 0 aliphatic heterocycles. The van der Waals surface area contributed by atoms with Gasteiger partial charge < -0.3 is 5.73 Å². The van der Waals surface area contributed by atoms with Crippen molar-refractivity contribution >= 4 is 21.6 Å². The fraction of sp³-hybridized carbons (Fsp3) is 0.286. The van der Waals surface area contributed by atoms with Gasteiger partial charge in [-0.3, -0.25) is 4.68 Å². The maximum Gasteiger partial charge on any atom is 0.111 e. The zero-order valence-corrected chi connectivity index (χ0v) is 11.6. The Labute approximate surface area is 115 Å². The van der Waals surface area contributed by atoms with Crippen molar-refractivity contribution < 1.29 is 0 Å². The van der Waals surface area contributed by atoms with Gasteiger partial charge in [0.2, 0.25) is 0 Å². The summed E-state index contributed by atoms with van der Waals surface area (Å²) in [5.41, 5.74) is 8.44. The summed E-state index contributed by atoms with van der Waals surface area (Å²) in [5.74, 6) is 0. The largest absolute Gasteiger partial charge is 0.322 e. The first-order chi connectivity index (χ1) is 9.26. The molecule has 0 amide bonds. The summed E-state index contributed by atoms with van der Waals surface area (Å²) in [6, 6.07) is 8.08. The minimum atomic E-state index is -0.0630. The Morgan fingerprint density at radius 1 is 1.37 bits per heavy atom. The smallest absolute Gasteiger partial charge is 0.111 e. The Bertz CT molecular complexity index is 652. The molecule has 0 bridgehead atoms. The van der Waals surface area contributed by atoms with E-state index < -0.39 is 0 Å². The fourth-order valence-electron chi connectivity index (χ4n) is 2.07. The van der Waals surface area contributed by atoms with E-state index >= 15 is 0 Å². The lowest BCUT2D eigenvalue weighted by Gasteiger charge is -2.05. The summed E-state index contributed by atoms with van der Waals surface area (Å²) in [6.45, 7) is 2.96. The van der Waals surface area contributed by atoms with Crippen LogP contribution in [0.4, 0.5) is 0 Å². The van der Waals surface area contributed by atoms with Crippen molar-refractivity contribution in [3.8, 4) is 0 Å². The van der Waals surface area contributed by atoms with Crippen molar-refractivity contribution in [2.45, 2.75) is 25.9 Å². The predicted octanol–water partition coefficient (Wildman–Crippen LogP) is 2.76. The SMILES string of the molecule is CCn1cc(CC(N)c2nc3ccccc3s2)cn1. The van der Waals surface area contributed by atoms with E-state index in [2.05, 4.69) is 23.1 Å². The standard InChI is InChI=1S/C14H16N4S/c1-2-18-9-10(8-16-18)7-11(15)14-17-12-5-3-4-6-13(12)19-14/h3-6,8-9,11H,2,7,15H2,1H3. The monoisotopic (exact) mass is 272 g/mol. The molecule has 3 aromatic rings. The Hall–Kier alpha value is -1.72. The second-order valence-corrected chi connectivity index (χ2v) is 5.60. The van der Waals surface area contributed by atoms with Gasteiger partial charge in [0, 0.05) is 12.7 Å². The van der Waals surface area contributed by atoms with E-state index in [1.54, 1.807) is 11.3 Å². The molecule has 5 heteroatoms. The van der Waals surface area contributed by atoms with Crippen LogP contribution in [0.1, 0.15) is 23.5 Å². The van der Waals surface area contributed by atoms with E-state index in [1.807, 2.05) is 35.3 Å². The second kappa shape index (κ2) is 5.11. The maximum absolute atomic E-state index is 6.25. The lowest BCUT2D eigenvalue weighted by atomic mass is 10.1. The van der Waals surface area contributed by atoms with Crippen LogP contribution in [0, 0.1) is 0 Å². The average Bonchev–Trinajstić information content (AvgIpc) is 3.04. The summed E-state index contributed by atoms with van der Waals surface area (Å²) >= 11 is 1.67. The number of fused-ring (bicyclic) bond motifs is 1. The number of nitrogens with zero attached hydrogens (tertiary/aromatic N) is 3. The van der Waals surface area contributed by atoms with Crippen molar-refractivity contribution in [2.75, 3.05) is 0 Å². The third-order valence-corrected chi connectivity index (χ3v) is 4.26. The number of nitrogens with two attached hydrogens (primary N) is 1. The molecule has 2 aromatic heterocycles. The van der Waals surface area contributed by atoms with E-state index in [0.29, 0.717) is 0 Å². The summed E-state index contributed by atoms with van der Waals surface area (Å²) in [6.07, 6.45) is 4.71. The van der Waals surface area contributed by atoms with E-state index in [-0.39, 0.29) is 6.04 Å². The van der Waals surface area contributed by atoms with Gasteiger partial charge in [-0.1, -0.05) is 12.1 Å². The van der Waals surface area contributed by atoms with Crippen LogP contribution in [0.3, 0.4) is 0 Å². The van der Waals surface area contributed by atoms with E-state index in [1.165, 1.54) is 4.70 Å². The Kier molecular flexibility index (Phi) is 3.31. The summed E-state index contributed by atoms with van der Waals surface area (Å²) in [5, 5.41) is 5.26. The molecule has 1 unspecified atom stereocenters. The molecule has 0 aliphatic rings. The van der Waals surface area contributed by atoms with Gasteiger partial charge in [0.25, 0.3) is 0 Å². The minimum absolute atomic E-state index is 0.0630. The van der Waals surface area contributed by atoms with Gasteiger partial charge in [0.05, 0.1) is 22.5 Å². The topological polar surface area (TPSA) is 56.7 Å². The highest BCUT2D eigenvalue weighted by Crippen LogP contribution is 2.26. The third kappa shape index (κ3) is 2.52. The van der Waals surface area contributed by atoms with Crippen LogP contribution in [0.2, 0.25) is 0 Å². The first-order valence-electron chi connectivity index (χ1n) is 6.38. The highest BCUT2D eigenvalue weighted by molar-refractivity contribution is 7.18. The lowest BCUT2D eigenvalue weighted by molar-refractivity contribution is 0.657. The first kappa shape index (κ1) is 12.3. The van der Waals surface area contributed by atoms with Crippen molar-refractivity contribution in [1.82, 2.24) is 14.8 Å². The third-order valence-electron chi connectivity index (χ3n) is 3.09. The second-order valence-electron chi connectivity index (χ2n) is 4.53. The zero-order chi connectivity index (χ0) is 13.2. The number of hydrogen-bond donors (Lipinski definition) is 1. The van der Waals surface area contributed by atoms with Crippen LogP contribution in [-0.4, -0.2) is 14.8 Å². The van der Waals surface area contributed by atoms with Gasteiger partial charge in [-0.2, -0.15) is 5.10 Å². The zero-order valence-electron chi connectivity index (χ0n) is 10.8. The van der Waals surface area contributed by atoms with E-state index in [0.717, 1.165) is 29.1 Å². The molecule has 0 fully saturated rings. The van der Waals surface area contributed by atoms with Gasteiger partial charge in [0.15, 0.2) is 0 Å².